The number of hydrogen-bond acceptors (Lipinski definition) is 2. The maximum absolute atomic E-state index is 12.9. The Morgan fingerprint density at radius 1 is 1.05 bits per heavy atom. The number of rotatable bonds is 3. The lowest BCUT2D eigenvalue weighted by Gasteiger charge is -2.27. The third kappa shape index (κ3) is 3.14. The zero-order valence-electron chi connectivity index (χ0n) is 11.9. The van der Waals surface area contributed by atoms with Gasteiger partial charge in [-0.25, -0.2) is 0 Å². The van der Waals surface area contributed by atoms with Crippen molar-refractivity contribution in [2.24, 2.45) is 0 Å². The van der Waals surface area contributed by atoms with Crippen molar-refractivity contribution >= 4 is 10.8 Å². The average Bonchev–Trinajstić information content (AvgIpc) is 2.56. The van der Waals surface area contributed by atoms with E-state index in [0.29, 0.717) is 6.61 Å². The number of benzene rings is 2. The molecule has 2 nitrogen and oxygen atoms in total. The minimum atomic E-state index is -1.12. The van der Waals surface area contributed by atoms with Crippen molar-refractivity contribution in [2.45, 2.75) is 23.2 Å². The Bertz CT molecular complexity index is 647. The quantitative estimate of drug-likeness (QED) is 0.806. The highest BCUT2D eigenvalue weighted by Gasteiger charge is 2.29. The van der Waals surface area contributed by atoms with Gasteiger partial charge in [0.05, 0.1) is 22.7 Å². The summed E-state index contributed by atoms with van der Waals surface area (Å²) in [7, 11) is -1.12. The molecule has 0 fully saturated rings. The molecule has 0 amide bonds. The summed E-state index contributed by atoms with van der Waals surface area (Å²) in [5.74, 6) is 0. The third-order valence-electron chi connectivity index (χ3n) is 3.62. The molecule has 1 unspecified atom stereocenters. The largest absolute Gasteiger partial charge is 0.368 e. The van der Waals surface area contributed by atoms with Gasteiger partial charge in [-0.2, -0.15) is 0 Å². The molecule has 3 atom stereocenters. The molecule has 1 aliphatic rings. The molecule has 3 heteroatoms. The fraction of sp³-hybridized carbons (Fsp3) is 0.222. The maximum Gasteiger partial charge on any atom is 0.101 e. The predicted molar refractivity (Wildman–Crippen MR) is 85.7 cm³/mol. The summed E-state index contributed by atoms with van der Waals surface area (Å²) >= 11 is 0. The minimum Gasteiger partial charge on any atom is -0.368 e. The highest BCUT2D eigenvalue weighted by Crippen LogP contribution is 2.31. The van der Waals surface area contributed by atoms with Crippen molar-refractivity contribution in [1.82, 2.24) is 0 Å². The predicted octanol–water partition coefficient (Wildman–Crippen LogP) is 3.80. The van der Waals surface area contributed by atoms with Crippen molar-refractivity contribution in [1.29, 1.82) is 0 Å². The molecule has 0 saturated heterocycles. The van der Waals surface area contributed by atoms with Crippen LogP contribution in [-0.2, 0) is 15.5 Å². The van der Waals surface area contributed by atoms with Crippen LogP contribution in [0.5, 0.6) is 0 Å². The second-order valence-corrected chi connectivity index (χ2v) is 6.78. The van der Waals surface area contributed by atoms with E-state index in [9.17, 15) is 4.21 Å². The molecule has 0 bridgehead atoms. The van der Waals surface area contributed by atoms with Gasteiger partial charge in [0.2, 0.25) is 0 Å². The molecule has 1 aliphatic heterocycles. The highest BCUT2D eigenvalue weighted by molar-refractivity contribution is 7.86. The lowest BCUT2D eigenvalue weighted by Crippen LogP contribution is -2.27. The van der Waals surface area contributed by atoms with Gasteiger partial charge in [0.15, 0.2) is 0 Å². The molecule has 2 aromatic carbocycles. The SMILES string of the molecule is Cc1ccc(S(=O)[C@@H]2C=CCO[C@H]2c2ccccc2)cc1. The highest BCUT2D eigenvalue weighted by atomic mass is 32.2. The molecular formula is C18H18O2S. The summed E-state index contributed by atoms with van der Waals surface area (Å²) in [5, 5.41) is -0.149. The summed E-state index contributed by atoms with van der Waals surface area (Å²) in [6.07, 6.45) is 3.83. The Labute approximate surface area is 127 Å². The molecular weight excluding hydrogens is 280 g/mol. The van der Waals surface area contributed by atoms with Crippen LogP contribution in [0, 0.1) is 6.92 Å². The van der Waals surface area contributed by atoms with Crippen molar-refractivity contribution < 1.29 is 8.95 Å². The second kappa shape index (κ2) is 6.37. The Kier molecular flexibility index (Phi) is 4.32. The Hall–Kier alpha value is -1.71. The van der Waals surface area contributed by atoms with Gasteiger partial charge in [0.25, 0.3) is 0 Å². The molecule has 2 aromatic rings. The van der Waals surface area contributed by atoms with E-state index >= 15 is 0 Å². The van der Waals surface area contributed by atoms with E-state index in [4.69, 9.17) is 4.74 Å². The van der Waals surface area contributed by atoms with Crippen LogP contribution in [0.2, 0.25) is 0 Å². The van der Waals surface area contributed by atoms with E-state index in [1.807, 2.05) is 73.7 Å². The van der Waals surface area contributed by atoms with Gasteiger partial charge in [-0.1, -0.05) is 60.2 Å². The first-order valence-corrected chi connectivity index (χ1v) is 8.27. The van der Waals surface area contributed by atoms with E-state index in [2.05, 4.69) is 0 Å². The van der Waals surface area contributed by atoms with Crippen LogP contribution < -0.4 is 0 Å². The number of aryl methyl sites for hydroxylation is 1. The Balaban J connectivity index is 1.91. The lowest BCUT2D eigenvalue weighted by molar-refractivity contribution is 0.0709. The van der Waals surface area contributed by atoms with Crippen LogP contribution in [0.3, 0.4) is 0 Å². The zero-order chi connectivity index (χ0) is 14.7. The molecule has 0 aliphatic carbocycles. The number of ether oxygens (including phenoxy) is 1. The summed E-state index contributed by atoms with van der Waals surface area (Å²) < 4.78 is 18.7. The van der Waals surface area contributed by atoms with E-state index in [0.717, 1.165) is 10.5 Å². The zero-order valence-corrected chi connectivity index (χ0v) is 12.8. The third-order valence-corrected chi connectivity index (χ3v) is 5.26. The van der Waals surface area contributed by atoms with Gasteiger partial charge < -0.3 is 4.74 Å². The van der Waals surface area contributed by atoms with Gasteiger partial charge in [0, 0.05) is 4.90 Å². The first kappa shape index (κ1) is 14.2. The van der Waals surface area contributed by atoms with E-state index in [1.54, 1.807) is 0 Å². The minimum absolute atomic E-state index is 0.149. The Morgan fingerprint density at radius 2 is 1.76 bits per heavy atom. The van der Waals surface area contributed by atoms with Crippen molar-refractivity contribution in [3.8, 4) is 0 Å². The van der Waals surface area contributed by atoms with Gasteiger partial charge in [0.1, 0.15) is 6.10 Å². The van der Waals surface area contributed by atoms with Crippen molar-refractivity contribution in [3.05, 3.63) is 77.9 Å². The maximum atomic E-state index is 12.9. The fourth-order valence-electron chi connectivity index (χ4n) is 2.49. The molecule has 0 spiro atoms. The van der Waals surface area contributed by atoms with Gasteiger partial charge in [-0.15, -0.1) is 0 Å². The lowest BCUT2D eigenvalue weighted by atomic mass is 10.0. The molecule has 21 heavy (non-hydrogen) atoms. The summed E-state index contributed by atoms with van der Waals surface area (Å²) in [6.45, 7) is 2.60. The van der Waals surface area contributed by atoms with E-state index < -0.39 is 10.8 Å². The van der Waals surface area contributed by atoms with Crippen LogP contribution in [0.4, 0.5) is 0 Å². The monoisotopic (exact) mass is 298 g/mol. The normalized spacial score (nSPS) is 22.9. The van der Waals surface area contributed by atoms with E-state index in [-0.39, 0.29) is 11.4 Å². The summed E-state index contributed by atoms with van der Waals surface area (Å²) in [6, 6.07) is 17.9. The molecule has 108 valence electrons. The molecule has 0 saturated carbocycles. The first-order valence-electron chi connectivity index (χ1n) is 7.06. The smallest absolute Gasteiger partial charge is 0.101 e. The second-order valence-electron chi connectivity index (χ2n) is 5.17. The van der Waals surface area contributed by atoms with Gasteiger partial charge in [-0.05, 0) is 24.6 Å². The van der Waals surface area contributed by atoms with Crippen LogP contribution in [-0.4, -0.2) is 16.1 Å². The fourth-order valence-corrected chi connectivity index (χ4v) is 3.92. The topological polar surface area (TPSA) is 26.3 Å². The van der Waals surface area contributed by atoms with Crippen LogP contribution >= 0.6 is 0 Å². The van der Waals surface area contributed by atoms with Crippen LogP contribution in [0.15, 0.2) is 71.6 Å². The number of hydrogen-bond donors (Lipinski definition) is 0. The standard InChI is InChI=1S/C18H18O2S/c1-14-9-11-16(12-10-14)21(19)17-8-5-13-20-18(17)15-6-3-2-4-7-15/h2-12,17-18H,13H2,1H3/t17-,18+,21?/m1/s1. The molecule has 1 heterocycles. The van der Waals surface area contributed by atoms with Crippen LogP contribution in [0.25, 0.3) is 0 Å². The van der Waals surface area contributed by atoms with Crippen LogP contribution in [0.1, 0.15) is 17.2 Å². The van der Waals surface area contributed by atoms with Crippen molar-refractivity contribution in [2.75, 3.05) is 6.61 Å². The summed E-state index contributed by atoms with van der Waals surface area (Å²) in [5.41, 5.74) is 2.25. The first-order chi connectivity index (χ1) is 10.3. The summed E-state index contributed by atoms with van der Waals surface area (Å²) in [4.78, 5) is 0.849. The molecule has 0 radical (unpaired) electrons. The van der Waals surface area contributed by atoms with Crippen molar-refractivity contribution in [3.63, 3.8) is 0 Å². The molecule has 0 N–H and O–H groups in total. The molecule has 3 rings (SSSR count). The average molecular weight is 298 g/mol. The van der Waals surface area contributed by atoms with Gasteiger partial charge in [-0.3, -0.25) is 4.21 Å². The van der Waals surface area contributed by atoms with Gasteiger partial charge >= 0.3 is 0 Å². The van der Waals surface area contributed by atoms with E-state index in [1.165, 1.54) is 5.56 Å². The molecule has 0 aromatic heterocycles. The Morgan fingerprint density at radius 3 is 2.48 bits per heavy atom.